The number of rotatable bonds is 4. The van der Waals surface area contributed by atoms with E-state index in [0.29, 0.717) is 6.54 Å². The molecule has 2 aromatic rings. The zero-order chi connectivity index (χ0) is 14.9. The van der Waals surface area contributed by atoms with Crippen LogP contribution in [0, 0.1) is 0 Å². The summed E-state index contributed by atoms with van der Waals surface area (Å²) in [6, 6.07) is 6.33. The van der Waals surface area contributed by atoms with Gasteiger partial charge in [0.25, 0.3) is 0 Å². The molecule has 0 bridgehead atoms. The zero-order valence-corrected chi connectivity index (χ0v) is 13.5. The van der Waals surface area contributed by atoms with Crippen LogP contribution in [0.15, 0.2) is 40.7 Å². The third kappa shape index (κ3) is 3.21. The molecule has 1 saturated heterocycles. The Balaban J connectivity index is 1.71. The van der Waals surface area contributed by atoms with E-state index in [1.54, 1.807) is 35.7 Å². The molecule has 8 heteroatoms. The molecule has 1 aromatic carbocycles. The maximum Gasteiger partial charge on any atom is 0.242 e. The van der Waals surface area contributed by atoms with Crippen molar-refractivity contribution in [2.45, 2.75) is 17.4 Å². The van der Waals surface area contributed by atoms with E-state index in [0.717, 1.165) is 18.1 Å². The van der Waals surface area contributed by atoms with Gasteiger partial charge in [-0.25, -0.2) is 18.1 Å². The number of aromatic nitrogens is 1. The molecule has 1 aliphatic rings. The molecule has 0 saturated carbocycles. The largest absolute Gasteiger partial charge is 0.346 e. The molecular weight excluding hydrogens is 330 g/mol. The summed E-state index contributed by atoms with van der Waals surface area (Å²) in [6.07, 6.45) is 2.50. The van der Waals surface area contributed by atoms with E-state index in [1.165, 1.54) is 6.07 Å². The van der Waals surface area contributed by atoms with Crippen LogP contribution in [0.5, 0.6) is 0 Å². The Hall–Kier alpha value is -1.15. The van der Waals surface area contributed by atoms with Gasteiger partial charge in [-0.3, -0.25) is 0 Å². The van der Waals surface area contributed by atoms with Crippen LogP contribution >= 0.6 is 22.9 Å². The summed E-state index contributed by atoms with van der Waals surface area (Å²) in [7, 11) is -3.59. The molecule has 1 aromatic heterocycles. The van der Waals surface area contributed by atoms with Crippen LogP contribution in [0.25, 0.3) is 0 Å². The second-order valence-corrected chi connectivity index (χ2v) is 7.76. The minimum Gasteiger partial charge on any atom is -0.346 e. The van der Waals surface area contributed by atoms with E-state index < -0.39 is 10.0 Å². The lowest BCUT2D eigenvalue weighted by Crippen LogP contribution is -2.37. The Morgan fingerprint density at radius 1 is 1.38 bits per heavy atom. The highest BCUT2D eigenvalue weighted by molar-refractivity contribution is 7.89. The van der Waals surface area contributed by atoms with E-state index in [9.17, 15) is 8.42 Å². The minimum atomic E-state index is -3.59. The first-order valence-electron chi connectivity index (χ1n) is 6.47. The smallest absolute Gasteiger partial charge is 0.242 e. The zero-order valence-electron chi connectivity index (χ0n) is 11.1. The maximum absolute atomic E-state index is 12.4. The Labute approximate surface area is 132 Å². The lowest BCUT2D eigenvalue weighted by atomic mass is 10.3. The van der Waals surface area contributed by atoms with Crippen molar-refractivity contribution >= 4 is 38.1 Å². The molecule has 1 N–H and O–H groups in total. The van der Waals surface area contributed by atoms with Crippen LogP contribution in [-0.4, -0.2) is 32.5 Å². The van der Waals surface area contributed by atoms with Crippen molar-refractivity contribution in [2.75, 3.05) is 18.0 Å². The molecule has 2 heterocycles. The summed E-state index contributed by atoms with van der Waals surface area (Å²) in [5.74, 6) is 0. The van der Waals surface area contributed by atoms with Gasteiger partial charge in [0, 0.05) is 30.7 Å². The summed E-state index contributed by atoms with van der Waals surface area (Å²) >= 11 is 7.52. The monoisotopic (exact) mass is 343 g/mol. The van der Waals surface area contributed by atoms with Crippen LogP contribution in [0.1, 0.15) is 6.42 Å². The van der Waals surface area contributed by atoms with Crippen molar-refractivity contribution in [3.8, 4) is 0 Å². The normalized spacial score (nSPS) is 19.1. The Morgan fingerprint density at radius 2 is 2.19 bits per heavy atom. The van der Waals surface area contributed by atoms with Crippen LogP contribution in [0.4, 0.5) is 5.13 Å². The number of thiazole rings is 1. The lowest BCUT2D eigenvalue weighted by molar-refractivity contribution is 0.561. The average molecular weight is 344 g/mol. The third-order valence-corrected chi connectivity index (χ3v) is 6.18. The van der Waals surface area contributed by atoms with E-state index in [2.05, 4.69) is 14.6 Å². The van der Waals surface area contributed by atoms with Gasteiger partial charge in [-0.05, 0) is 18.6 Å². The standard InChI is InChI=1S/C13H14ClN3O2S2/c14-11-3-1-2-4-12(11)21(18,19)16-10-5-7-17(9-10)13-15-6-8-20-13/h1-4,6,8,10,16H,5,7,9H2/t10-/m0/s1. The van der Waals surface area contributed by atoms with E-state index in [1.807, 2.05) is 5.38 Å². The molecule has 21 heavy (non-hydrogen) atoms. The maximum atomic E-state index is 12.4. The van der Waals surface area contributed by atoms with Gasteiger partial charge in [0.05, 0.1) is 5.02 Å². The molecule has 0 amide bonds. The number of benzene rings is 1. The second-order valence-electron chi connectivity index (χ2n) is 4.80. The number of nitrogens with one attached hydrogen (secondary N) is 1. The topological polar surface area (TPSA) is 62.3 Å². The summed E-state index contributed by atoms with van der Waals surface area (Å²) in [5.41, 5.74) is 0. The van der Waals surface area contributed by atoms with Gasteiger partial charge in [-0.15, -0.1) is 11.3 Å². The molecule has 0 radical (unpaired) electrons. The first-order valence-corrected chi connectivity index (χ1v) is 9.21. The van der Waals surface area contributed by atoms with Gasteiger partial charge >= 0.3 is 0 Å². The van der Waals surface area contributed by atoms with Crippen molar-refractivity contribution in [1.29, 1.82) is 0 Å². The minimum absolute atomic E-state index is 0.124. The van der Waals surface area contributed by atoms with Crippen molar-refractivity contribution in [3.05, 3.63) is 40.9 Å². The van der Waals surface area contributed by atoms with Crippen molar-refractivity contribution in [3.63, 3.8) is 0 Å². The molecular formula is C13H14ClN3O2S2. The molecule has 3 rings (SSSR count). The van der Waals surface area contributed by atoms with Gasteiger partial charge < -0.3 is 4.90 Å². The fraction of sp³-hybridized carbons (Fsp3) is 0.308. The van der Waals surface area contributed by atoms with E-state index in [-0.39, 0.29) is 16.0 Å². The first kappa shape index (κ1) is 14.8. The first-order chi connectivity index (χ1) is 10.1. The third-order valence-electron chi connectivity index (χ3n) is 3.33. The predicted octanol–water partition coefficient (Wildman–Crippen LogP) is 2.35. The predicted molar refractivity (Wildman–Crippen MR) is 84.5 cm³/mol. The summed E-state index contributed by atoms with van der Waals surface area (Å²) < 4.78 is 27.5. The molecule has 0 aliphatic carbocycles. The second kappa shape index (κ2) is 5.92. The molecule has 1 fully saturated rings. The summed E-state index contributed by atoms with van der Waals surface area (Å²) in [6.45, 7) is 1.42. The Morgan fingerprint density at radius 3 is 2.90 bits per heavy atom. The number of halogens is 1. The molecule has 112 valence electrons. The van der Waals surface area contributed by atoms with Crippen molar-refractivity contribution in [1.82, 2.24) is 9.71 Å². The molecule has 0 unspecified atom stereocenters. The summed E-state index contributed by atoms with van der Waals surface area (Å²) in [4.78, 5) is 6.46. The highest BCUT2D eigenvalue weighted by Gasteiger charge is 2.29. The molecule has 1 aliphatic heterocycles. The van der Waals surface area contributed by atoms with Gasteiger partial charge in [0.2, 0.25) is 10.0 Å². The number of hydrogen-bond acceptors (Lipinski definition) is 5. The van der Waals surface area contributed by atoms with Crippen LogP contribution in [-0.2, 0) is 10.0 Å². The van der Waals surface area contributed by atoms with Gasteiger partial charge in [-0.1, -0.05) is 23.7 Å². The number of nitrogens with zero attached hydrogens (tertiary/aromatic N) is 2. The number of sulfonamides is 1. The Kier molecular flexibility index (Phi) is 4.17. The summed E-state index contributed by atoms with van der Waals surface area (Å²) in [5, 5.41) is 3.07. The SMILES string of the molecule is O=S(=O)(N[C@H]1CCN(c2nccs2)C1)c1ccccc1Cl. The average Bonchev–Trinajstić information content (AvgIpc) is 3.09. The van der Waals surface area contributed by atoms with Crippen LogP contribution in [0.2, 0.25) is 5.02 Å². The number of anilines is 1. The van der Waals surface area contributed by atoms with E-state index in [4.69, 9.17) is 11.6 Å². The fourth-order valence-corrected chi connectivity index (χ4v) is 4.81. The van der Waals surface area contributed by atoms with Crippen LogP contribution in [0.3, 0.4) is 0 Å². The fourth-order valence-electron chi connectivity index (χ4n) is 2.35. The van der Waals surface area contributed by atoms with E-state index >= 15 is 0 Å². The highest BCUT2D eigenvalue weighted by Crippen LogP contribution is 2.25. The molecule has 5 nitrogen and oxygen atoms in total. The van der Waals surface area contributed by atoms with Crippen molar-refractivity contribution in [2.24, 2.45) is 0 Å². The van der Waals surface area contributed by atoms with Gasteiger partial charge in [0.15, 0.2) is 5.13 Å². The van der Waals surface area contributed by atoms with Crippen molar-refractivity contribution < 1.29 is 8.42 Å². The Bertz CT molecular complexity index is 719. The van der Waals surface area contributed by atoms with Gasteiger partial charge in [-0.2, -0.15) is 0 Å². The number of hydrogen-bond donors (Lipinski definition) is 1. The van der Waals surface area contributed by atoms with Gasteiger partial charge in [0.1, 0.15) is 4.90 Å². The van der Waals surface area contributed by atoms with Crippen LogP contribution < -0.4 is 9.62 Å². The quantitative estimate of drug-likeness (QED) is 0.925. The molecule has 0 spiro atoms. The lowest BCUT2D eigenvalue weighted by Gasteiger charge is -2.16. The molecule has 1 atom stereocenters. The highest BCUT2D eigenvalue weighted by atomic mass is 35.5.